The zero-order valence-electron chi connectivity index (χ0n) is 10.6. The zero-order chi connectivity index (χ0) is 12.2. The third kappa shape index (κ3) is 3.76. The van der Waals surface area contributed by atoms with Crippen LogP contribution >= 0.6 is 0 Å². The van der Waals surface area contributed by atoms with Crippen molar-refractivity contribution in [1.29, 1.82) is 0 Å². The third-order valence-electron chi connectivity index (χ3n) is 3.32. The van der Waals surface area contributed by atoms with Crippen LogP contribution in [-0.2, 0) is 9.53 Å². The first-order valence-corrected chi connectivity index (χ1v) is 6.10. The van der Waals surface area contributed by atoms with E-state index in [2.05, 4.69) is 12.2 Å². The number of primary amides is 1. The summed E-state index contributed by atoms with van der Waals surface area (Å²) in [6.07, 6.45) is 3.47. The van der Waals surface area contributed by atoms with Crippen LogP contribution in [0.2, 0.25) is 0 Å². The van der Waals surface area contributed by atoms with Crippen LogP contribution in [0.1, 0.15) is 40.0 Å². The minimum atomic E-state index is -0.472. The number of rotatable bonds is 5. The summed E-state index contributed by atoms with van der Waals surface area (Å²) >= 11 is 0. The zero-order valence-corrected chi connectivity index (χ0v) is 10.6. The second-order valence-corrected chi connectivity index (χ2v) is 5.25. The van der Waals surface area contributed by atoms with Crippen molar-refractivity contribution < 1.29 is 9.53 Å². The summed E-state index contributed by atoms with van der Waals surface area (Å²) in [4.78, 5) is 11.2. The van der Waals surface area contributed by atoms with Crippen molar-refractivity contribution in [2.24, 2.45) is 11.1 Å². The molecular formula is C12H24N2O2. The molecule has 0 radical (unpaired) electrons. The number of ether oxygens (including phenoxy) is 1. The fourth-order valence-corrected chi connectivity index (χ4v) is 1.84. The lowest BCUT2D eigenvalue weighted by atomic mass is 9.91. The average molecular weight is 228 g/mol. The first kappa shape index (κ1) is 13.5. The Hall–Kier alpha value is -0.610. The Labute approximate surface area is 97.9 Å². The second-order valence-electron chi connectivity index (χ2n) is 5.25. The van der Waals surface area contributed by atoms with Gasteiger partial charge in [0.2, 0.25) is 5.91 Å². The van der Waals surface area contributed by atoms with Gasteiger partial charge < -0.3 is 15.8 Å². The average Bonchev–Trinajstić information content (AvgIpc) is 2.26. The lowest BCUT2D eigenvalue weighted by Gasteiger charge is -2.32. The quantitative estimate of drug-likeness (QED) is 0.739. The van der Waals surface area contributed by atoms with Gasteiger partial charge in [0, 0.05) is 19.2 Å². The number of nitrogens with one attached hydrogen (secondary N) is 1. The largest absolute Gasteiger partial charge is 0.378 e. The summed E-state index contributed by atoms with van der Waals surface area (Å²) in [7, 11) is 0. The number of nitrogens with two attached hydrogens (primary N) is 1. The summed E-state index contributed by atoms with van der Waals surface area (Å²) < 4.78 is 5.61. The third-order valence-corrected chi connectivity index (χ3v) is 3.32. The summed E-state index contributed by atoms with van der Waals surface area (Å²) in [5, 5.41) is 3.43. The predicted molar refractivity (Wildman–Crippen MR) is 64.0 cm³/mol. The van der Waals surface area contributed by atoms with Crippen molar-refractivity contribution in [2.45, 2.75) is 52.2 Å². The summed E-state index contributed by atoms with van der Waals surface area (Å²) in [5.41, 5.74) is 4.86. The van der Waals surface area contributed by atoms with Gasteiger partial charge in [-0.05, 0) is 33.1 Å². The van der Waals surface area contributed by atoms with Crippen LogP contribution in [0.5, 0.6) is 0 Å². The molecule has 4 heteroatoms. The van der Waals surface area contributed by atoms with Crippen LogP contribution < -0.4 is 11.1 Å². The number of amides is 1. The van der Waals surface area contributed by atoms with Crippen molar-refractivity contribution in [3.63, 3.8) is 0 Å². The standard InChI is InChI=1S/C12H24N2O2/c1-4-10-7-9(5-6-16-10)14-8-12(2,3)11(13)15/h9-10,14H,4-8H2,1-3H3,(H2,13,15). The van der Waals surface area contributed by atoms with E-state index >= 15 is 0 Å². The van der Waals surface area contributed by atoms with Gasteiger partial charge in [0.15, 0.2) is 0 Å². The molecule has 4 nitrogen and oxygen atoms in total. The molecule has 1 heterocycles. The van der Waals surface area contributed by atoms with Gasteiger partial charge in [0.1, 0.15) is 0 Å². The normalized spacial score (nSPS) is 26.7. The molecule has 1 saturated heterocycles. The fraction of sp³-hybridized carbons (Fsp3) is 0.917. The minimum Gasteiger partial charge on any atom is -0.378 e. The molecule has 2 atom stereocenters. The van der Waals surface area contributed by atoms with E-state index < -0.39 is 5.41 Å². The van der Waals surface area contributed by atoms with Crippen molar-refractivity contribution in [3.8, 4) is 0 Å². The molecule has 0 bridgehead atoms. The van der Waals surface area contributed by atoms with E-state index in [1.54, 1.807) is 0 Å². The van der Waals surface area contributed by atoms with E-state index in [9.17, 15) is 4.79 Å². The molecule has 0 saturated carbocycles. The molecule has 94 valence electrons. The monoisotopic (exact) mass is 228 g/mol. The number of hydrogen-bond acceptors (Lipinski definition) is 3. The van der Waals surface area contributed by atoms with Crippen LogP contribution in [-0.4, -0.2) is 31.2 Å². The second kappa shape index (κ2) is 5.64. The van der Waals surface area contributed by atoms with Gasteiger partial charge >= 0.3 is 0 Å². The van der Waals surface area contributed by atoms with E-state index in [0.29, 0.717) is 18.7 Å². The lowest BCUT2D eigenvalue weighted by molar-refractivity contribution is -0.125. The first-order valence-electron chi connectivity index (χ1n) is 6.10. The Balaban J connectivity index is 2.35. The molecule has 1 rings (SSSR count). The molecule has 1 amide bonds. The Bertz CT molecular complexity index is 241. The maximum atomic E-state index is 11.2. The van der Waals surface area contributed by atoms with E-state index in [0.717, 1.165) is 25.9 Å². The number of hydrogen-bond donors (Lipinski definition) is 2. The molecule has 0 aromatic carbocycles. The molecule has 0 aromatic rings. The van der Waals surface area contributed by atoms with Gasteiger partial charge in [-0.3, -0.25) is 4.79 Å². The van der Waals surface area contributed by atoms with Gasteiger partial charge in [-0.15, -0.1) is 0 Å². The molecule has 2 unspecified atom stereocenters. The highest BCUT2D eigenvalue weighted by Gasteiger charge is 2.27. The Kier molecular flexibility index (Phi) is 4.74. The number of carbonyl (C=O) groups excluding carboxylic acids is 1. The fourth-order valence-electron chi connectivity index (χ4n) is 1.84. The highest BCUT2D eigenvalue weighted by atomic mass is 16.5. The summed E-state index contributed by atoms with van der Waals surface area (Å²) in [5.74, 6) is -0.251. The van der Waals surface area contributed by atoms with Gasteiger partial charge in [-0.25, -0.2) is 0 Å². The molecule has 1 fully saturated rings. The summed E-state index contributed by atoms with van der Waals surface area (Å²) in [6, 6.07) is 0.456. The highest BCUT2D eigenvalue weighted by molar-refractivity contribution is 5.80. The van der Waals surface area contributed by atoms with Crippen molar-refractivity contribution in [2.75, 3.05) is 13.2 Å². The lowest BCUT2D eigenvalue weighted by Crippen LogP contribution is -2.46. The smallest absolute Gasteiger partial charge is 0.224 e. The van der Waals surface area contributed by atoms with Crippen LogP contribution in [0.3, 0.4) is 0 Å². The molecule has 3 N–H and O–H groups in total. The van der Waals surface area contributed by atoms with Crippen molar-refractivity contribution in [1.82, 2.24) is 5.32 Å². The summed E-state index contributed by atoms with van der Waals surface area (Å²) in [6.45, 7) is 7.34. The Morgan fingerprint density at radius 1 is 1.56 bits per heavy atom. The van der Waals surface area contributed by atoms with E-state index in [-0.39, 0.29) is 5.91 Å². The van der Waals surface area contributed by atoms with Crippen molar-refractivity contribution >= 4 is 5.91 Å². The SMILES string of the molecule is CCC1CC(NCC(C)(C)C(N)=O)CCO1. The van der Waals surface area contributed by atoms with E-state index in [1.807, 2.05) is 13.8 Å². The molecule has 0 spiro atoms. The molecule has 1 aliphatic rings. The first-order chi connectivity index (χ1) is 7.45. The van der Waals surface area contributed by atoms with Gasteiger partial charge in [-0.2, -0.15) is 0 Å². The van der Waals surface area contributed by atoms with Gasteiger partial charge in [-0.1, -0.05) is 6.92 Å². The molecule has 0 aliphatic carbocycles. The van der Waals surface area contributed by atoms with E-state index in [1.165, 1.54) is 0 Å². The maximum Gasteiger partial charge on any atom is 0.224 e. The van der Waals surface area contributed by atoms with Crippen LogP contribution in [0.15, 0.2) is 0 Å². The highest BCUT2D eigenvalue weighted by Crippen LogP contribution is 2.18. The van der Waals surface area contributed by atoms with Crippen LogP contribution in [0.25, 0.3) is 0 Å². The molecule has 0 aromatic heterocycles. The minimum absolute atomic E-state index is 0.251. The van der Waals surface area contributed by atoms with Gasteiger partial charge in [0.05, 0.1) is 11.5 Å². The number of carbonyl (C=O) groups is 1. The predicted octanol–water partition coefficient (Wildman–Crippen LogP) is 1.05. The van der Waals surface area contributed by atoms with Crippen LogP contribution in [0.4, 0.5) is 0 Å². The van der Waals surface area contributed by atoms with E-state index in [4.69, 9.17) is 10.5 Å². The van der Waals surface area contributed by atoms with Crippen molar-refractivity contribution in [3.05, 3.63) is 0 Å². The maximum absolute atomic E-state index is 11.2. The van der Waals surface area contributed by atoms with Crippen LogP contribution in [0, 0.1) is 5.41 Å². The Morgan fingerprint density at radius 2 is 2.25 bits per heavy atom. The molecule has 1 aliphatic heterocycles. The Morgan fingerprint density at radius 3 is 2.81 bits per heavy atom. The van der Waals surface area contributed by atoms with Gasteiger partial charge in [0.25, 0.3) is 0 Å². The topological polar surface area (TPSA) is 64.3 Å². The molecule has 16 heavy (non-hydrogen) atoms. The molecular weight excluding hydrogens is 204 g/mol.